The van der Waals surface area contributed by atoms with E-state index in [0.717, 1.165) is 11.3 Å². The standard InChI is InChI=1S/C10H17N3O2S/c1-8-9(11)4-3-5-10(8)13-6-7-16(14,15)12-2/h3-5,12-13H,6-7,11H2,1-2H3. The number of sulfonamides is 1. The Kier molecular flexibility index (Phi) is 4.14. The van der Waals surface area contributed by atoms with Crippen LogP contribution in [0, 0.1) is 6.92 Å². The molecule has 0 spiro atoms. The van der Waals surface area contributed by atoms with Crippen LogP contribution < -0.4 is 15.8 Å². The number of hydrogen-bond acceptors (Lipinski definition) is 4. The summed E-state index contributed by atoms with van der Waals surface area (Å²) in [7, 11) is -1.75. The minimum Gasteiger partial charge on any atom is -0.398 e. The van der Waals surface area contributed by atoms with E-state index in [2.05, 4.69) is 10.0 Å². The van der Waals surface area contributed by atoms with Crippen LogP contribution in [0.15, 0.2) is 18.2 Å². The van der Waals surface area contributed by atoms with Gasteiger partial charge in [-0.25, -0.2) is 13.1 Å². The van der Waals surface area contributed by atoms with Crippen LogP contribution in [0.3, 0.4) is 0 Å². The molecule has 1 aromatic rings. The molecule has 90 valence electrons. The van der Waals surface area contributed by atoms with Crippen LogP contribution in [0.2, 0.25) is 0 Å². The first-order valence-electron chi connectivity index (χ1n) is 4.96. The van der Waals surface area contributed by atoms with Gasteiger partial charge < -0.3 is 11.1 Å². The van der Waals surface area contributed by atoms with Crippen LogP contribution in [0.5, 0.6) is 0 Å². The Hall–Kier alpha value is -1.27. The van der Waals surface area contributed by atoms with Gasteiger partial charge in [-0.15, -0.1) is 0 Å². The molecule has 0 bridgehead atoms. The Morgan fingerprint density at radius 1 is 1.38 bits per heavy atom. The summed E-state index contributed by atoms with van der Waals surface area (Å²) in [6.45, 7) is 2.25. The SMILES string of the molecule is CNS(=O)(=O)CCNc1cccc(N)c1C. The summed E-state index contributed by atoms with van der Waals surface area (Å²) in [5.41, 5.74) is 8.23. The second-order valence-electron chi connectivity index (χ2n) is 3.47. The van der Waals surface area contributed by atoms with E-state index >= 15 is 0 Å². The molecule has 0 heterocycles. The van der Waals surface area contributed by atoms with Crippen LogP contribution >= 0.6 is 0 Å². The number of nitrogens with one attached hydrogen (secondary N) is 2. The van der Waals surface area contributed by atoms with Gasteiger partial charge in [0.2, 0.25) is 10.0 Å². The highest BCUT2D eigenvalue weighted by atomic mass is 32.2. The van der Waals surface area contributed by atoms with E-state index in [1.54, 1.807) is 0 Å². The fourth-order valence-corrected chi connectivity index (χ4v) is 1.84. The van der Waals surface area contributed by atoms with Crippen molar-refractivity contribution < 1.29 is 8.42 Å². The minimum absolute atomic E-state index is 0.0394. The average molecular weight is 243 g/mol. The summed E-state index contributed by atoms with van der Waals surface area (Å²) in [4.78, 5) is 0. The lowest BCUT2D eigenvalue weighted by Crippen LogP contribution is -2.26. The van der Waals surface area contributed by atoms with Crippen molar-refractivity contribution in [1.29, 1.82) is 0 Å². The molecule has 0 atom stereocenters. The zero-order chi connectivity index (χ0) is 12.2. The molecule has 5 nitrogen and oxygen atoms in total. The van der Waals surface area contributed by atoms with Crippen LogP contribution in [0.4, 0.5) is 11.4 Å². The number of hydrogen-bond donors (Lipinski definition) is 3. The zero-order valence-corrected chi connectivity index (χ0v) is 10.3. The normalized spacial score (nSPS) is 11.4. The Balaban J connectivity index is 2.59. The molecular weight excluding hydrogens is 226 g/mol. The smallest absolute Gasteiger partial charge is 0.213 e. The second kappa shape index (κ2) is 5.18. The Morgan fingerprint density at radius 3 is 2.69 bits per heavy atom. The van der Waals surface area contributed by atoms with Crippen molar-refractivity contribution >= 4 is 21.4 Å². The Bertz CT molecular complexity index is 457. The fourth-order valence-electron chi connectivity index (χ4n) is 1.27. The maximum Gasteiger partial charge on any atom is 0.213 e. The molecule has 0 unspecified atom stereocenters. The van der Waals surface area contributed by atoms with Gasteiger partial charge in [-0.05, 0) is 31.7 Å². The predicted octanol–water partition coefficient (Wildman–Crippen LogP) is 0.538. The van der Waals surface area contributed by atoms with Gasteiger partial charge >= 0.3 is 0 Å². The number of nitrogens with two attached hydrogens (primary N) is 1. The molecular formula is C10H17N3O2S. The van der Waals surface area contributed by atoms with E-state index in [4.69, 9.17) is 5.73 Å². The molecule has 0 aromatic heterocycles. The highest BCUT2D eigenvalue weighted by Crippen LogP contribution is 2.19. The average Bonchev–Trinajstić information content (AvgIpc) is 2.24. The van der Waals surface area contributed by atoms with Crippen LogP contribution in [0.1, 0.15) is 5.56 Å². The van der Waals surface area contributed by atoms with Crippen molar-refractivity contribution in [3.05, 3.63) is 23.8 Å². The molecule has 0 saturated carbocycles. The molecule has 1 rings (SSSR count). The van der Waals surface area contributed by atoms with E-state index in [0.29, 0.717) is 12.2 Å². The molecule has 1 aromatic carbocycles. The van der Waals surface area contributed by atoms with Gasteiger partial charge in [0.25, 0.3) is 0 Å². The van der Waals surface area contributed by atoms with Crippen LogP contribution in [0.25, 0.3) is 0 Å². The first-order valence-corrected chi connectivity index (χ1v) is 6.61. The van der Waals surface area contributed by atoms with Crippen molar-refractivity contribution in [3.8, 4) is 0 Å². The van der Waals surface area contributed by atoms with Crippen molar-refractivity contribution in [3.63, 3.8) is 0 Å². The Labute approximate surface area is 96.1 Å². The van der Waals surface area contributed by atoms with Crippen molar-refractivity contribution in [2.45, 2.75) is 6.92 Å². The van der Waals surface area contributed by atoms with Crippen molar-refractivity contribution in [1.82, 2.24) is 4.72 Å². The third-order valence-corrected chi connectivity index (χ3v) is 3.74. The molecule has 0 radical (unpaired) electrons. The lowest BCUT2D eigenvalue weighted by atomic mass is 10.1. The van der Waals surface area contributed by atoms with Gasteiger partial charge in [-0.2, -0.15) is 0 Å². The molecule has 0 amide bonds. The highest BCUT2D eigenvalue weighted by Gasteiger charge is 2.06. The first kappa shape index (κ1) is 12.8. The highest BCUT2D eigenvalue weighted by molar-refractivity contribution is 7.89. The van der Waals surface area contributed by atoms with Crippen molar-refractivity contribution in [2.75, 3.05) is 30.4 Å². The monoisotopic (exact) mass is 243 g/mol. The molecule has 0 fully saturated rings. The summed E-state index contributed by atoms with van der Waals surface area (Å²) in [6.07, 6.45) is 0. The second-order valence-corrected chi connectivity index (χ2v) is 5.52. The molecule has 0 saturated heterocycles. The molecule has 4 N–H and O–H groups in total. The summed E-state index contributed by atoms with van der Waals surface area (Å²) in [6, 6.07) is 5.51. The van der Waals surface area contributed by atoms with E-state index < -0.39 is 10.0 Å². The molecule has 0 aliphatic carbocycles. The zero-order valence-electron chi connectivity index (χ0n) is 9.45. The van der Waals surface area contributed by atoms with Gasteiger partial charge in [0.05, 0.1) is 5.75 Å². The van der Waals surface area contributed by atoms with Crippen LogP contribution in [-0.2, 0) is 10.0 Å². The van der Waals surface area contributed by atoms with E-state index in [9.17, 15) is 8.42 Å². The lowest BCUT2D eigenvalue weighted by Gasteiger charge is -2.10. The predicted molar refractivity (Wildman–Crippen MR) is 66.9 cm³/mol. The largest absolute Gasteiger partial charge is 0.398 e. The van der Waals surface area contributed by atoms with Gasteiger partial charge in [-0.1, -0.05) is 6.07 Å². The third kappa shape index (κ3) is 3.39. The minimum atomic E-state index is -3.16. The molecule has 0 aliphatic rings. The van der Waals surface area contributed by atoms with E-state index in [1.165, 1.54) is 7.05 Å². The maximum atomic E-state index is 11.2. The van der Waals surface area contributed by atoms with E-state index in [1.807, 2.05) is 25.1 Å². The van der Waals surface area contributed by atoms with Gasteiger partial charge in [0.15, 0.2) is 0 Å². The number of benzene rings is 1. The molecule has 0 aliphatic heterocycles. The fraction of sp³-hybridized carbons (Fsp3) is 0.400. The molecule has 16 heavy (non-hydrogen) atoms. The van der Waals surface area contributed by atoms with E-state index in [-0.39, 0.29) is 5.75 Å². The Morgan fingerprint density at radius 2 is 2.06 bits per heavy atom. The third-order valence-electron chi connectivity index (χ3n) is 2.37. The quantitative estimate of drug-likeness (QED) is 0.659. The summed E-state index contributed by atoms with van der Waals surface area (Å²) < 4.78 is 24.6. The lowest BCUT2D eigenvalue weighted by molar-refractivity contribution is 0.588. The summed E-state index contributed by atoms with van der Waals surface area (Å²) in [5, 5.41) is 3.05. The van der Waals surface area contributed by atoms with Gasteiger partial charge in [-0.3, -0.25) is 0 Å². The summed E-state index contributed by atoms with van der Waals surface area (Å²) in [5.74, 6) is 0.0394. The van der Waals surface area contributed by atoms with Crippen molar-refractivity contribution in [2.24, 2.45) is 0 Å². The number of nitrogen functional groups attached to an aromatic ring is 1. The topological polar surface area (TPSA) is 84.2 Å². The number of rotatable bonds is 5. The first-order chi connectivity index (χ1) is 7.46. The summed E-state index contributed by atoms with van der Waals surface area (Å²) >= 11 is 0. The van der Waals surface area contributed by atoms with Gasteiger partial charge in [0, 0.05) is 17.9 Å². The van der Waals surface area contributed by atoms with Gasteiger partial charge in [0.1, 0.15) is 0 Å². The molecule has 6 heteroatoms. The maximum absolute atomic E-state index is 11.2. The van der Waals surface area contributed by atoms with Crippen LogP contribution in [-0.4, -0.2) is 27.8 Å². The number of anilines is 2.